The zero-order valence-corrected chi connectivity index (χ0v) is 54.1. The molecule has 0 radical (unpaired) electrons. The highest BCUT2D eigenvalue weighted by molar-refractivity contribution is 7.26. The first kappa shape index (κ1) is 55.6. The summed E-state index contributed by atoms with van der Waals surface area (Å²) in [5, 5.41) is 15.2. The van der Waals surface area contributed by atoms with Crippen molar-refractivity contribution < 1.29 is 0 Å². The van der Waals surface area contributed by atoms with E-state index >= 15 is 0 Å². The quantitative estimate of drug-likeness (QED) is 0.152. The van der Waals surface area contributed by atoms with Crippen molar-refractivity contribution in [2.24, 2.45) is 0 Å². The molecule has 20 rings (SSSR count). The number of para-hydroxylation sites is 6. The normalized spacial score (nSPS) is 11.8. The molecule has 0 atom stereocenters. The van der Waals surface area contributed by atoms with Crippen molar-refractivity contribution >= 4 is 150 Å². The summed E-state index contributed by atoms with van der Waals surface area (Å²) in [4.78, 5) is 0. The molecule has 0 N–H and O–H groups in total. The number of hydrogen-bond donors (Lipinski definition) is 0. The minimum Gasteiger partial charge on any atom is -0.309 e. The highest BCUT2D eigenvalue weighted by atomic mass is 32.1. The molecular formula is C88H62N4S2. The molecule has 0 amide bonds. The topological polar surface area (TPSA) is 19.7 Å². The van der Waals surface area contributed by atoms with Gasteiger partial charge in [-0.25, -0.2) is 0 Å². The summed E-state index contributed by atoms with van der Waals surface area (Å²) in [5.41, 5.74) is 21.5. The summed E-state index contributed by atoms with van der Waals surface area (Å²) in [6.07, 6.45) is 0. The highest BCUT2D eigenvalue weighted by Gasteiger charge is 2.24. The van der Waals surface area contributed by atoms with Crippen LogP contribution in [-0.2, 0) is 0 Å². The molecule has 0 bridgehead atoms. The number of benzene rings is 14. The van der Waals surface area contributed by atoms with Crippen LogP contribution < -0.4 is 0 Å². The van der Waals surface area contributed by atoms with Gasteiger partial charge in [-0.3, -0.25) is 0 Å². The molecule has 446 valence electrons. The van der Waals surface area contributed by atoms with Crippen molar-refractivity contribution in [1.29, 1.82) is 0 Å². The summed E-state index contributed by atoms with van der Waals surface area (Å²) in [6, 6.07) is 113. The summed E-state index contributed by atoms with van der Waals surface area (Å²) < 4.78 is 15.0. The van der Waals surface area contributed by atoms with Crippen molar-refractivity contribution in [2.75, 3.05) is 0 Å². The minimum absolute atomic E-state index is 1.14. The smallest absolute Gasteiger partial charge is 0.0641 e. The predicted molar refractivity (Wildman–Crippen MR) is 409 cm³/mol. The Morgan fingerprint density at radius 2 is 0.489 bits per heavy atom. The maximum absolute atomic E-state index is 2.47. The molecule has 6 heteroatoms. The summed E-state index contributed by atoms with van der Waals surface area (Å²) in [7, 11) is 0. The average molecular weight is 1240 g/mol. The number of hydrogen-bond acceptors (Lipinski definition) is 2. The Morgan fingerprint density at radius 1 is 0.191 bits per heavy atom. The first-order valence-electron chi connectivity index (χ1n) is 32.8. The lowest BCUT2D eigenvalue weighted by Gasteiger charge is -2.11. The van der Waals surface area contributed by atoms with E-state index in [0.29, 0.717) is 0 Å². The molecule has 0 spiro atoms. The van der Waals surface area contributed by atoms with E-state index in [1.807, 2.05) is 50.4 Å². The van der Waals surface area contributed by atoms with Gasteiger partial charge >= 0.3 is 0 Å². The maximum Gasteiger partial charge on any atom is 0.0641 e. The van der Waals surface area contributed by atoms with Crippen LogP contribution in [0.3, 0.4) is 0 Å². The van der Waals surface area contributed by atoms with Crippen molar-refractivity contribution in [3.63, 3.8) is 0 Å². The highest BCUT2D eigenvalue weighted by Crippen LogP contribution is 2.47. The number of aromatic nitrogens is 4. The Morgan fingerprint density at radius 3 is 0.851 bits per heavy atom. The lowest BCUT2D eigenvalue weighted by atomic mass is 9.98. The van der Waals surface area contributed by atoms with Crippen LogP contribution in [0.5, 0.6) is 0 Å². The molecule has 94 heavy (non-hydrogen) atoms. The third-order valence-electron chi connectivity index (χ3n) is 19.1. The van der Waals surface area contributed by atoms with Gasteiger partial charge < -0.3 is 18.3 Å². The Bertz CT molecular complexity index is 6010. The first-order valence-corrected chi connectivity index (χ1v) is 34.4. The van der Waals surface area contributed by atoms with Crippen LogP contribution in [0.1, 0.15) is 27.7 Å². The van der Waals surface area contributed by atoms with Gasteiger partial charge in [-0.1, -0.05) is 198 Å². The molecule has 0 saturated carbocycles. The molecule has 0 fully saturated rings. The lowest BCUT2D eigenvalue weighted by molar-refractivity contribution is 1.17. The standard InChI is InChI=1S/C84H50N4S2.2C2H6/c1-3-19-57(20-4-1)87-71-29-11-7-25-61(71)63-37-39-75-81(83(63)87)65-27-9-13-31-73(65)85(75)59-23-15-17-51(45-59)53-33-41-77-67(47-53)69-49-55(35-43-79(69)89-77)56-36-44-80-70(50-56)68-48-54(34-42-78(68)90-80)52-18-16-24-60(46-52)86-74-32-14-10-28-66(74)82-76(86)40-38-64-62-26-8-12-30-72(62)88(84(64)82)58-21-5-2-6-22-58;2*1-2/h1-50H;2*1-2H3. The van der Waals surface area contributed by atoms with E-state index in [9.17, 15) is 0 Å². The van der Waals surface area contributed by atoms with Crippen LogP contribution in [0.15, 0.2) is 303 Å². The third-order valence-corrected chi connectivity index (χ3v) is 21.4. The van der Waals surface area contributed by atoms with Gasteiger partial charge in [-0.15, -0.1) is 22.7 Å². The SMILES string of the molecule is CC.CC.c1ccc(-n2c3ccccc3c3ccc4c(c5ccccc5n4-c4cccc(-c5ccc6sc7ccc(-c8ccc9sc%10ccc(-c%11cccc(-n%12c%13ccccc%13c%13c%12ccc%12c%14ccccc%14n(-c%14ccccc%14)c%12%13)c%11)cc%10c9c8)cc7c6c5)c4)c32)cc1. The Kier molecular flexibility index (Phi) is 13.1. The molecule has 0 unspecified atom stereocenters. The summed E-state index contributed by atoms with van der Waals surface area (Å²) in [5.74, 6) is 0. The fourth-order valence-corrected chi connectivity index (χ4v) is 17.3. The van der Waals surface area contributed by atoms with Crippen LogP contribution >= 0.6 is 22.7 Å². The van der Waals surface area contributed by atoms with Crippen LogP contribution in [0, 0.1) is 0 Å². The van der Waals surface area contributed by atoms with Gasteiger partial charge in [-0.05, 0) is 167 Å². The van der Waals surface area contributed by atoms with Crippen LogP contribution in [0.2, 0.25) is 0 Å². The zero-order chi connectivity index (χ0) is 62.7. The van der Waals surface area contributed by atoms with Crippen molar-refractivity contribution in [2.45, 2.75) is 27.7 Å². The van der Waals surface area contributed by atoms with Crippen molar-refractivity contribution in [3.8, 4) is 56.1 Å². The molecule has 20 aromatic rings. The number of thiophene rings is 2. The van der Waals surface area contributed by atoms with Gasteiger partial charge in [0.2, 0.25) is 0 Å². The lowest BCUT2D eigenvalue weighted by Crippen LogP contribution is -1.95. The van der Waals surface area contributed by atoms with Crippen LogP contribution in [0.25, 0.3) is 184 Å². The maximum atomic E-state index is 2.47. The number of rotatable bonds is 7. The second kappa shape index (κ2) is 22.2. The molecule has 6 aromatic heterocycles. The second-order valence-corrected chi connectivity index (χ2v) is 26.1. The molecule has 0 aliphatic carbocycles. The Balaban J connectivity index is 0.00000159. The van der Waals surface area contributed by atoms with E-state index in [1.165, 1.54) is 161 Å². The van der Waals surface area contributed by atoms with E-state index in [0.717, 1.165) is 22.7 Å². The van der Waals surface area contributed by atoms with Crippen LogP contribution in [-0.4, -0.2) is 18.3 Å². The predicted octanol–water partition coefficient (Wildman–Crippen LogP) is 25.9. The van der Waals surface area contributed by atoms with Gasteiger partial charge in [0.05, 0.1) is 44.1 Å². The fourth-order valence-electron chi connectivity index (χ4n) is 15.2. The second-order valence-electron chi connectivity index (χ2n) is 23.9. The largest absolute Gasteiger partial charge is 0.309 e. The molecular weight excluding hydrogens is 1180 g/mol. The molecule has 14 aromatic carbocycles. The third kappa shape index (κ3) is 8.43. The Labute approximate surface area is 551 Å². The first-order chi connectivity index (χ1) is 46.6. The average Bonchev–Trinajstić information content (AvgIpc) is 1.56. The molecule has 0 saturated heterocycles. The zero-order valence-electron chi connectivity index (χ0n) is 52.5. The number of fused-ring (bicyclic) bond motifs is 20. The molecule has 4 nitrogen and oxygen atoms in total. The van der Waals surface area contributed by atoms with Gasteiger partial charge in [0.25, 0.3) is 0 Å². The number of nitrogens with zero attached hydrogens (tertiary/aromatic N) is 4. The van der Waals surface area contributed by atoms with E-state index in [4.69, 9.17) is 0 Å². The van der Waals surface area contributed by atoms with Gasteiger partial charge in [0.1, 0.15) is 0 Å². The summed E-state index contributed by atoms with van der Waals surface area (Å²) >= 11 is 3.75. The van der Waals surface area contributed by atoms with Gasteiger partial charge in [-0.2, -0.15) is 0 Å². The fraction of sp³-hybridized carbons (Fsp3) is 0.0455. The van der Waals surface area contributed by atoms with Crippen molar-refractivity contribution in [1.82, 2.24) is 18.3 Å². The molecule has 0 aliphatic rings. The van der Waals surface area contributed by atoms with E-state index in [-0.39, 0.29) is 0 Å². The van der Waals surface area contributed by atoms with Crippen LogP contribution in [0.4, 0.5) is 0 Å². The van der Waals surface area contributed by atoms with Gasteiger partial charge in [0, 0.05) is 106 Å². The Hall–Kier alpha value is -11.3. The monoisotopic (exact) mass is 1240 g/mol. The molecule has 6 heterocycles. The summed E-state index contributed by atoms with van der Waals surface area (Å²) in [6.45, 7) is 8.00. The van der Waals surface area contributed by atoms with E-state index in [2.05, 4.69) is 322 Å². The van der Waals surface area contributed by atoms with Gasteiger partial charge in [0.15, 0.2) is 0 Å². The minimum atomic E-state index is 1.14. The molecule has 0 aliphatic heterocycles. The van der Waals surface area contributed by atoms with Crippen molar-refractivity contribution in [3.05, 3.63) is 303 Å². The van der Waals surface area contributed by atoms with E-state index < -0.39 is 0 Å². The van der Waals surface area contributed by atoms with E-state index in [1.54, 1.807) is 0 Å².